The minimum atomic E-state index is 0.581. The topological polar surface area (TPSA) is 40.7 Å². The Hall–Kier alpha value is -1.77. The predicted octanol–water partition coefficient (Wildman–Crippen LogP) is 3.45. The average molecular weight is 229 g/mol. The normalized spacial score (nSPS) is 10.8. The number of nitrogens with zero attached hydrogens (tertiary/aromatic N) is 1. The van der Waals surface area contributed by atoms with E-state index >= 15 is 0 Å². The fraction of sp³-hybridized carbons (Fsp3) is 0.357. The van der Waals surface area contributed by atoms with Gasteiger partial charge in [-0.2, -0.15) is 0 Å². The molecule has 0 aliphatic carbocycles. The molecule has 1 aromatic carbocycles. The predicted molar refractivity (Wildman–Crippen MR) is 71.2 cm³/mol. The van der Waals surface area contributed by atoms with Gasteiger partial charge in [0.05, 0.1) is 18.6 Å². The van der Waals surface area contributed by atoms with Crippen molar-refractivity contribution in [2.75, 3.05) is 5.32 Å². The number of H-pyrrole nitrogens is 1. The number of aromatic amines is 1. The van der Waals surface area contributed by atoms with Crippen molar-refractivity contribution in [1.29, 1.82) is 0 Å². The maximum atomic E-state index is 4.26. The van der Waals surface area contributed by atoms with Gasteiger partial charge in [0.2, 0.25) is 0 Å². The lowest BCUT2D eigenvalue weighted by atomic mass is 10.0. The highest BCUT2D eigenvalue weighted by Crippen LogP contribution is 2.17. The van der Waals surface area contributed by atoms with Gasteiger partial charge >= 0.3 is 0 Å². The summed E-state index contributed by atoms with van der Waals surface area (Å²) in [5.41, 5.74) is 4.69. The minimum absolute atomic E-state index is 0.581. The van der Waals surface area contributed by atoms with Gasteiger partial charge < -0.3 is 10.3 Å². The van der Waals surface area contributed by atoms with E-state index in [2.05, 4.69) is 53.4 Å². The van der Waals surface area contributed by atoms with E-state index in [1.807, 2.05) is 6.92 Å². The van der Waals surface area contributed by atoms with Gasteiger partial charge in [-0.1, -0.05) is 26.0 Å². The number of hydrogen-bond donors (Lipinski definition) is 2. The van der Waals surface area contributed by atoms with Gasteiger partial charge in [-0.3, -0.25) is 0 Å². The first-order valence-corrected chi connectivity index (χ1v) is 5.99. The summed E-state index contributed by atoms with van der Waals surface area (Å²) in [6.45, 7) is 7.20. The summed E-state index contributed by atoms with van der Waals surface area (Å²) in [5.74, 6) is 0.581. The number of nitrogens with one attached hydrogen (secondary N) is 2. The number of aryl methyl sites for hydroxylation is 1. The first-order chi connectivity index (χ1) is 8.16. The number of rotatable bonds is 4. The molecule has 1 heterocycles. The Morgan fingerprint density at radius 2 is 1.94 bits per heavy atom. The molecule has 3 heteroatoms. The second kappa shape index (κ2) is 5.04. The van der Waals surface area contributed by atoms with Crippen molar-refractivity contribution < 1.29 is 0 Å². The Labute approximate surface area is 102 Å². The van der Waals surface area contributed by atoms with Crippen LogP contribution < -0.4 is 5.32 Å². The van der Waals surface area contributed by atoms with Gasteiger partial charge in [-0.15, -0.1) is 0 Å². The Morgan fingerprint density at radius 1 is 1.24 bits per heavy atom. The molecule has 17 heavy (non-hydrogen) atoms. The zero-order chi connectivity index (χ0) is 12.3. The van der Waals surface area contributed by atoms with Crippen LogP contribution in [0.2, 0.25) is 0 Å². The molecular weight excluding hydrogens is 210 g/mol. The van der Waals surface area contributed by atoms with Gasteiger partial charge in [-0.05, 0) is 30.5 Å². The third kappa shape index (κ3) is 2.87. The molecule has 0 saturated carbocycles. The van der Waals surface area contributed by atoms with Gasteiger partial charge in [-0.25, -0.2) is 4.98 Å². The first kappa shape index (κ1) is 11.7. The van der Waals surface area contributed by atoms with Crippen LogP contribution in [0.5, 0.6) is 0 Å². The molecule has 0 fully saturated rings. The summed E-state index contributed by atoms with van der Waals surface area (Å²) < 4.78 is 0. The van der Waals surface area contributed by atoms with Crippen LogP contribution in [0.4, 0.5) is 5.69 Å². The number of anilines is 1. The van der Waals surface area contributed by atoms with Gasteiger partial charge in [0.1, 0.15) is 0 Å². The van der Waals surface area contributed by atoms with Crippen LogP contribution in [0.3, 0.4) is 0 Å². The van der Waals surface area contributed by atoms with Crippen LogP contribution in [-0.2, 0) is 6.54 Å². The van der Waals surface area contributed by atoms with E-state index < -0.39 is 0 Å². The van der Waals surface area contributed by atoms with Gasteiger partial charge in [0.15, 0.2) is 0 Å². The van der Waals surface area contributed by atoms with E-state index in [0.29, 0.717) is 5.92 Å². The molecule has 0 bridgehead atoms. The maximum Gasteiger partial charge on any atom is 0.0925 e. The highest BCUT2D eigenvalue weighted by molar-refractivity contribution is 5.45. The quantitative estimate of drug-likeness (QED) is 0.843. The summed E-state index contributed by atoms with van der Waals surface area (Å²) in [6, 6.07) is 8.59. The van der Waals surface area contributed by atoms with Crippen molar-refractivity contribution in [2.24, 2.45) is 0 Å². The van der Waals surface area contributed by atoms with Crippen molar-refractivity contribution in [3.63, 3.8) is 0 Å². The molecule has 0 aliphatic heterocycles. The largest absolute Gasteiger partial charge is 0.379 e. The molecule has 0 unspecified atom stereocenters. The summed E-state index contributed by atoms with van der Waals surface area (Å²) in [4.78, 5) is 7.34. The molecule has 3 nitrogen and oxygen atoms in total. The standard InChI is InChI=1S/C14H19N3/c1-10(2)12-4-6-13(7-5-12)15-8-14-11(3)16-9-17-14/h4-7,9-10,15H,8H2,1-3H3,(H,16,17). The number of benzene rings is 1. The van der Waals surface area contributed by atoms with Crippen LogP contribution >= 0.6 is 0 Å². The number of hydrogen-bond acceptors (Lipinski definition) is 2. The lowest BCUT2D eigenvalue weighted by molar-refractivity contribution is 0.866. The van der Waals surface area contributed by atoms with Crippen LogP contribution in [-0.4, -0.2) is 9.97 Å². The molecule has 2 aromatic rings. The van der Waals surface area contributed by atoms with Crippen LogP contribution in [0.1, 0.15) is 36.7 Å². The fourth-order valence-corrected chi connectivity index (χ4v) is 1.74. The van der Waals surface area contributed by atoms with E-state index in [4.69, 9.17) is 0 Å². The number of imidazole rings is 1. The van der Waals surface area contributed by atoms with Crippen LogP contribution in [0.15, 0.2) is 30.6 Å². The van der Waals surface area contributed by atoms with E-state index in [-0.39, 0.29) is 0 Å². The van der Waals surface area contributed by atoms with E-state index in [0.717, 1.165) is 23.6 Å². The maximum absolute atomic E-state index is 4.26. The molecule has 1 aromatic heterocycles. The monoisotopic (exact) mass is 229 g/mol. The van der Waals surface area contributed by atoms with Gasteiger partial charge in [0.25, 0.3) is 0 Å². The summed E-state index contributed by atoms with van der Waals surface area (Å²) in [7, 11) is 0. The highest BCUT2D eigenvalue weighted by atomic mass is 14.9. The third-order valence-corrected chi connectivity index (χ3v) is 2.97. The molecule has 2 rings (SSSR count). The van der Waals surface area contributed by atoms with Crippen molar-refractivity contribution in [3.05, 3.63) is 47.5 Å². The van der Waals surface area contributed by atoms with Crippen molar-refractivity contribution >= 4 is 5.69 Å². The Kier molecular flexibility index (Phi) is 3.47. The summed E-state index contributed by atoms with van der Waals surface area (Å²) >= 11 is 0. The number of aromatic nitrogens is 2. The summed E-state index contributed by atoms with van der Waals surface area (Å²) in [6.07, 6.45) is 1.73. The van der Waals surface area contributed by atoms with Crippen molar-refractivity contribution in [3.8, 4) is 0 Å². The van der Waals surface area contributed by atoms with E-state index in [1.165, 1.54) is 5.56 Å². The zero-order valence-corrected chi connectivity index (χ0v) is 10.6. The Morgan fingerprint density at radius 3 is 2.47 bits per heavy atom. The smallest absolute Gasteiger partial charge is 0.0925 e. The fourth-order valence-electron chi connectivity index (χ4n) is 1.74. The molecule has 90 valence electrons. The Balaban J connectivity index is 1.98. The lowest BCUT2D eigenvalue weighted by Gasteiger charge is -2.08. The van der Waals surface area contributed by atoms with E-state index in [9.17, 15) is 0 Å². The SMILES string of the molecule is Cc1[nH]cnc1CNc1ccc(C(C)C)cc1. The molecule has 0 spiro atoms. The van der Waals surface area contributed by atoms with E-state index in [1.54, 1.807) is 6.33 Å². The lowest BCUT2D eigenvalue weighted by Crippen LogP contribution is -2.01. The average Bonchev–Trinajstić information content (AvgIpc) is 2.73. The second-order valence-electron chi connectivity index (χ2n) is 4.60. The molecule has 0 saturated heterocycles. The summed E-state index contributed by atoms with van der Waals surface area (Å²) in [5, 5.41) is 3.37. The minimum Gasteiger partial charge on any atom is -0.379 e. The molecule has 0 atom stereocenters. The first-order valence-electron chi connectivity index (χ1n) is 5.99. The third-order valence-electron chi connectivity index (χ3n) is 2.97. The molecule has 0 radical (unpaired) electrons. The highest BCUT2D eigenvalue weighted by Gasteiger charge is 2.01. The Bertz CT molecular complexity index is 468. The molecule has 0 aliphatic rings. The zero-order valence-electron chi connectivity index (χ0n) is 10.6. The van der Waals surface area contributed by atoms with Crippen LogP contribution in [0.25, 0.3) is 0 Å². The van der Waals surface area contributed by atoms with Gasteiger partial charge in [0, 0.05) is 11.4 Å². The second-order valence-corrected chi connectivity index (χ2v) is 4.60. The molecule has 2 N–H and O–H groups in total. The molecular formula is C14H19N3. The van der Waals surface area contributed by atoms with Crippen LogP contribution in [0, 0.1) is 6.92 Å². The van der Waals surface area contributed by atoms with Crippen molar-refractivity contribution in [2.45, 2.75) is 33.2 Å². The van der Waals surface area contributed by atoms with Crippen molar-refractivity contribution in [1.82, 2.24) is 9.97 Å². The molecule has 0 amide bonds.